The third kappa shape index (κ3) is 6.29. The number of hydrogen-bond acceptors (Lipinski definition) is 7. The van der Waals surface area contributed by atoms with E-state index in [4.69, 9.17) is 37.1 Å². The molecule has 7 nitrogen and oxygen atoms in total. The first-order valence-electron chi connectivity index (χ1n) is 11.1. The van der Waals surface area contributed by atoms with Crippen LogP contribution in [-0.4, -0.2) is 16.1 Å². The van der Waals surface area contributed by atoms with Gasteiger partial charge in [0.15, 0.2) is 10.8 Å². The van der Waals surface area contributed by atoms with Gasteiger partial charge in [-0.3, -0.25) is 10.1 Å². The Kier molecular flexibility index (Phi) is 7.70. The summed E-state index contributed by atoms with van der Waals surface area (Å²) in [5.74, 6) is 1.06. The maximum atomic E-state index is 13.1. The predicted octanol–water partition coefficient (Wildman–Crippen LogP) is 7.52. The number of amides is 1. The summed E-state index contributed by atoms with van der Waals surface area (Å²) in [5.41, 5.74) is 1.95. The number of rotatable bonds is 9. The second-order valence-electron chi connectivity index (χ2n) is 7.80. The van der Waals surface area contributed by atoms with Crippen LogP contribution >= 0.6 is 34.5 Å². The van der Waals surface area contributed by atoms with Crippen molar-refractivity contribution in [3.8, 4) is 22.3 Å². The molecule has 0 bridgehead atoms. The van der Waals surface area contributed by atoms with E-state index in [2.05, 4.69) is 15.5 Å². The van der Waals surface area contributed by atoms with Crippen LogP contribution in [0, 0.1) is 0 Å². The average Bonchev–Trinajstić information content (AvgIpc) is 3.60. The van der Waals surface area contributed by atoms with E-state index in [0.717, 1.165) is 11.1 Å². The minimum Gasteiger partial charge on any atom is -0.489 e. The molecule has 0 radical (unpaired) electrons. The molecule has 0 spiro atoms. The molecule has 0 atom stereocenters. The highest BCUT2D eigenvalue weighted by molar-refractivity contribution is 7.18. The van der Waals surface area contributed by atoms with Gasteiger partial charge in [0.25, 0.3) is 5.91 Å². The molecule has 0 saturated carbocycles. The second-order valence-corrected chi connectivity index (χ2v) is 9.59. The minimum absolute atomic E-state index is 0.220. The van der Waals surface area contributed by atoms with Crippen LogP contribution in [0.3, 0.4) is 0 Å². The van der Waals surface area contributed by atoms with Gasteiger partial charge in [-0.1, -0.05) is 70.9 Å². The van der Waals surface area contributed by atoms with E-state index in [1.54, 1.807) is 48.7 Å². The number of aromatic nitrogens is 2. The molecular formula is C27H19Cl2N3O4S. The Balaban J connectivity index is 1.36. The van der Waals surface area contributed by atoms with E-state index in [1.807, 2.05) is 36.4 Å². The summed E-state index contributed by atoms with van der Waals surface area (Å²) >= 11 is 13.7. The largest absolute Gasteiger partial charge is 0.489 e. The first-order valence-corrected chi connectivity index (χ1v) is 12.7. The van der Waals surface area contributed by atoms with E-state index >= 15 is 0 Å². The van der Waals surface area contributed by atoms with Crippen molar-refractivity contribution in [1.29, 1.82) is 0 Å². The van der Waals surface area contributed by atoms with Crippen molar-refractivity contribution < 1.29 is 18.7 Å². The van der Waals surface area contributed by atoms with E-state index in [-0.39, 0.29) is 13.2 Å². The first kappa shape index (κ1) is 24.8. The molecule has 0 aliphatic carbocycles. The van der Waals surface area contributed by atoms with Crippen LogP contribution in [0.5, 0.6) is 11.5 Å². The summed E-state index contributed by atoms with van der Waals surface area (Å²) in [6.45, 7) is 0.440. The number of ether oxygens (including phenoxy) is 2. The van der Waals surface area contributed by atoms with Gasteiger partial charge in [-0.15, -0.1) is 10.2 Å². The van der Waals surface area contributed by atoms with E-state index in [1.165, 1.54) is 11.3 Å². The van der Waals surface area contributed by atoms with Gasteiger partial charge in [0.05, 0.1) is 6.26 Å². The lowest BCUT2D eigenvalue weighted by molar-refractivity contribution is 0.102. The van der Waals surface area contributed by atoms with Gasteiger partial charge in [-0.2, -0.15) is 0 Å². The molecule has 186 valence electrons. The van der Waals surface area contributed by atoms with Crippen molar-refractivity contribution in [2.24, 2.45) is 0 Å². The summed E-state index contributed by atoms with van der Waals surface area (Å²) in [6.07, 6.45) is 1.55. The van der Waals surface area contributed by atoms with Gasteiger partial charge in [0.1, 0.15) is 24.7 Å². The number of nitrogens with zero attached hydrogens (tertiary/aromatic N) is 2. The van der Waals surface area contributed by atoms with Gasteiger partial charge in [0.2, 0.25) is 5.13 Å². The Labute approximate surface area is 226 Å². The zero-order chi connectivity index (χ0) is 25.6. The van der Waals surface area contributed by atoms with Gasteiger partial charge in [0, 0.05) is 32.8 Å². The Hall–Kier alpha value is -3.85. The molecule has 0 fully saturated rings. The van der Waals surface area contributed by atoms with E-state index in [0.29, 0.717) is 43.0 Å². The zero-order valence-corrected chi connectivity index (χ0v) is 21.5. The van der Waals surface area contributed by atoms with Crippen LogP contribution in [0.2, 0.25) is 10.0 Å². The summed E-state index contributed by atoms with van der Waals surface area (Å²) < 4.78 is 17.3. The van der Waals surface area contributed by atoms with Crippen LogP contribution in [0.25, 0.3) is 10.8 Å². The molecule has 1 amide bonds. The summed E-state index contributed by atoms with van der Waals surface area (Å²) in [7, 11) is 0. The molecule has 0 saturated heterocycles. The highest BCUT2D eigenvalue weighted by Crippen LogP contribution is 2.29. The lowest BCUT2D eigenvalue weighted by atomic mass is 10.2. The lowest BCUT2D eigenvalue weighted by Gasteiger charge is -2.13. The van der Waals surface area contributed by atoms with Crippen LogP contribution in [-0.2, 0) is 13.2 Å². The Bertz CT molecular complexity index is 1450. The Morgan fingerprint density at radius 3 is 2.03 bits per heavy atom. The molecule has 5 rings (SSSR count). The van der Waals surface area contributed by atoms with Crippen LogP contribution in [0.1, 0.15) is 21.5 Å². The van der Waals surface area contributed by atoms with Crippen molar-refractivity contribution in [2.45, 2.75) is 13.2 Å². The molecule has 2 aromatic heterocycles. The van der Waals surface area contributed by atoms with Crippen molar-refractivity contribution in [3.05, 3.63) is 112 Å². The van der Waals surface area contributed by atoms with Crippen LogP contribution in [0.15, 0.2) is 89.5 Å². The monoisotopic (exact) mass is 551 g/mol. The molecule has 3 aromatic carbocycles. The number of furan rings is 1. The topological polar surface area (TPSA) is 86.5 Å². The molecule has 1 N–H and O–H groups in total. The van der Waals surface area contributed by atoms with E-state index < -0.39 is 5.91 Å². The number of nitrogens with one attached hydrogen (secondary N) is 1. The SMILES string of the molecule is O=C(Nc1nnc(-c2ccco2)s1)c1cc(OCc2ccccc2Cl)cc(OCc2ccccc2Cl)c1. The molecule has 0 aliphatic heterocycles. The maximum absolute atomic E-state index is 13.1. The molecule has 5 aromatic rings. The predicted molar refractivity (Wildman–Crippen MR) is 144 cm³/mol. The van der Waals surface area contributed by atoms with Gasteiger partial charge < -0.3 is 13.9 Å². The normalized spacial score (nSPS) is 10.8. The van der Waals surface area contributed by atoms with Crippen molar-refractivity contribution >= 4 is 45.6 Å². The number of halogens is 2. The standard InChI is InChI=1S/C27H19Cl2N3O4S/c28-22-8-3-1-6-17(22)15-35-20-12-19(13-21(14-20)36-16-18-7-2-4-9-23(18)29)25(33)30-27-32-31-26(37-27)24-10-5-11-34-24/h1-14H,15-16H2,(H,30,32,33). The third-order valence-electron chi connectivity index (χ3n) is 5.22. The number of hydrogen-bond donors (Lipinski definition) is 1. The summed E-state index contributed by atoms with van der Waals surface area (Å²) in [6, 6.07) is 23.3. The average molecular weight is 552 g/mol. The molecular weight excluding hydrogens is 533 g/mol. The van der Waals surface area contributed by atoms with Gasteiger partial charge in [-0.25, -0.2) is 0 Å². The quantitative estimate of drug-likeness (QED) is 0.204. The molecule has 0 unspecified atom stereocenters. The van der Waals surface area contributed by atoms with Crippen LogP contribution < -0.4 is 14.8 Å². The molecule has 10 heteroatoms. The molecule has 2 heterocycles. The van der Waals surface area contributed by atoms with Gasteiger partial charge >= 0.3 is 0 Å². The highest BCUT2D eigenvalue weighted by Gasteiger charge is 2.16. The smallest absolute Gasteiger partial charge is 0.257 e. The minimum atomic E-state index is -0.395. The fourth-order valence-corrected chi connectivity index (χ4v) is 4.45. The fourth-order valence-electron chi connectivity index (χ4n) is 3.37. The molecule has 0 aliphatic rings. The van der Waals surface area contributed by atoms with Crippen LogP contribution in [0.4, 0.5) is 5.13 Å². The lowest BCUT2D eigenvalue weighted by Crippen LogP contribution is -2.12. The first-order chi connectivity index (χ1) is 18.0. The number of anilines is 1. The van der Waals surface area contributed by atoms with Gasteiger partial charge in [-0.05, 0) is 36.4 Å². The highest BCUT2D eigenvalue weighted by atomic mass is 35.5. The van der Waals surface area contributed by atoms with Crippen molar-refractivity contribution in [2.75, 3.05) is 5.32 Å². The van der Waals surface area contributed by atoms with Crippen molar-refractivity contribution in [3.63, 3.8) is 0 Å². The molecule has 37 heavy (non-hydrogen) atoms. The Morgan fingerprint density at radius 2 is 1.46 bits per heavy atom. The third-order valence-corrected chi connectivity index (χ3v) is 6.81. The zero-order valence-electron chi connectivity index (χ0n) is 19.2. The number of carbonyl (C=O) groups excluding carboxylic acids is 1. The second kappa shape index (κ2) is 11.5. The van der Waals surface area contributed by atoms with E-state index in [9.17, 15) is 4.79 Å². The summed E-state index contributed by atoms with van der Waals surface area (Å²) in [4.78, 5) is 13.1. The maximum Gasteiger partial charge on any atom is 0.257 e. The van der Waals surface area contributed by atoms with Crippen molar-refractivity contribution in [1.82, 2.24) is 10.2 Å². The summed E-state index contributed by atoms with van der Waals surface area (Å²) in [5, 5.41) is 13.0. The fraction of sp³-hybridized carbons (Fsp3) is 0.0741. The number of carbonyl (C=O) groups is 1. The number of benzene rings is 3. The Morgan fingerprint density at radius 1 is 0.838 bits per heavy atom.